The number of hydrogen-bond donors (Lipinski definition) is 0. The Bertz CT molecular complexity index is 615. The Kier molecular flexibility index (Phi) is 9.91. The van der Waals surface area contributed by atoms with Crippen LogP contribution >= 0.6 is 7.60 Å². The highest BCUT2D eigenvalue weighted by atomic mass is 31.2. The smallest absolute Gasteiger partial charge is 0.357 e. The summed E-state index contributed by atoms with van der Waals surface area (Å²) in [6.07, 6.45) is 3.09. The maximum atomic E-state index is 13.5. The molecule has 0 saturated heterocycles. The summed E-state index contributed by atoms with van der Waals surface area (Å²) >= 11 is 0. The molecule has 9 heteroatoms. The first kappa shape index (κ1) is 23.5. The van der Waals surface area contributed by atoms with Crippen LogP contribution in [0.15, 0.2) is 10.9 Å². The molecule has 0 amide bonds. The van der Waals surface area contributed by atoms with Crippen LogP contribution in [0.5, 0.6) is 0 Å². The second kappa shape index (κ2) is 11.4. The first-order valence-electron chi connectivity index (χ1n) is 9.17. The number of ketones is 1. The summed E-state index contributed by atoms with van der Waals surface area (Å²) in [5.74, 6) is -3.78. The largest absolute Gasteiger partial charge is 0.468 e. The first-order valence-corrected chi connectivity index (χ1v) is 10.7. The Labute approximate surface area is 160 Å². The number of Topliss-reactive ketones (excluding diaryl/α,β-unsaturated/α-hetero) is 1. The lowest BCUT2D eigenvalue weighted by atomic mass is 9.88. The molecule has 0 N–H and O–H groups in total. The fraction of sp³-hybridized carbons (Fsp3) is 0.722. The third kappa shape index (κ3) is 5.99. The standard InChI is InChI=1S/C18H29O8P/c1-5-25-27(22,26-6-2)14-12-10-8-7-9-11-13(19)15(17(20)23-3)16(14)18(21)24-4/h15H,5-12H2,1-4H3/b16-14-. The molecule has 0 aromatic rings. The van der Waals surface area contributed by atoms with Crippen LogP contribution in [-0.4, -0.2) is 45.2 Å². The molecule has 0 aromatic heterocycles. The Morgan fingerprint density at radius 2 is 1.52 bits per heavy atom. The molecule has 27 heavy (non-hydrogen) atoms. The fourth-order valence-electron chi connectivity index (χ4n) is 3.08. The quantitative estimate of drug-likeness (QED) is 0.361. The minimum atomic E-state index is -3.89. The van der Waals surface area contributed by atoms with Gasteiger partial charge in [-0.3, -0.25) is 14.2 Å². The van der Waals surface area contributed by atoms with Crippen LogP contribution in [0.4, 0.5) is 0 Å². The minimum absolute atomic E-state index is 0.0312. The van der Waals surface area contributed by atoms with E-state index in [1.165, 1.54) is 0 Å². The van der Waals surface area contributed by atoms with Gasteiger partial charge in [-0.1, -0.05) is 12.8 Å². The third-order valence-electron chi connectivity index (χ3n) is 4.28. The van der Waals surface area contributed by atoms with Crippen molar-refractivity contribution in [3.05, 3.63) is 10.9 Å². The van der Waals surface area contributed by atoms with Crippen molar-refractivity contribution in [2.45, 2.75) is 52.4 Å². The molecule has 0 heterocycles. The van der Waals surface area contributed by atoms with Gasteiger partial charge < -0.3 is 18.5 Å². The van der Waals surface area contributed by atoms with Gasteiger partial charge in [0.2, 0.25) is 0 Å². The van der Waals surface area contributed by atoms with Crippen molar-refractivity contribution in [2.24, 2.45) is 5.92 Å². The van der Waals surface area contributed by atoms with Gasteiger partial charge in [0.25, 0.3) is 0 Å². The van der Waals surface area contributed by atoms with E-state index >= 15 is 0 Å². The molecule has 0 fully saturated rings. The van der Waals surface area contributed by atoms with Crippen molar-refractivity contribution in [3.63, 3.8) is 0 Å². The topological polar surface area (TPSA) is 105 Å². The highest BCUT2D eigenvalue weighted by Crippen LogP contribution is 2.60. The third-order valence-corrected chi connectivity index (χ3v) is 6.60. The van der Waals surface area contributed by atoms with Crippen LogP contribution in [0.1, 0.15) is 52.4 Å². The van der Waals surface area contributed by atoms with Crippen molar-refractivity contribution in [1.29, 1.82) is 0 Å². The molecule has 1 atom stereocenters. The van der Waals surface area contributed by atoms with E-state index in [1.54, 1.807) is 13.8 Å². The average molecular weight is 404 g/mol. The summed E-state index contributed by atoms with van der Waals surface area (Å²) < 4.78 is 33.8. The fourth-order valence-corrected chi connectivity index (χ4v) is 5.10. The summed E-state index contributed by atoms with van der Waals surface area (Å²) in [5.41, 5.74) is -0.276. The van der Waals surface area contributed by atoms with E-state index in [4.69, 9.17) is 18.5 Å². The van der Waals surface area contributed by atoms with Crippen molar-refractivity contribution in [3.8, 4) is 0 Å². The normalized spacial score (nSPS) is 22.2. The SMILES string of the molecule is CCOP(=O)(OCC)/C1=C(\C(=O)OC)C(C(=O)OC)C(=O)CCCCCC1. The number of esters is 2. The zero-order valence-corrected chi connectivity index (χ0v) is 17.3. The maximum absolute atomic E-state index is 13.5. The van der Waals surface area contributed by atoms with Crippen LogP contribution in [0.2, 0.25) is 0 Å². The van der Waals surface area contributed by atoms with Crippen LogP contribution in [0.25, 0.3) is 0 Å². The number of allylic oxidation sites excluding steroid dienone is 1. The predicted octanol–water partition coefficient (Wildman–Crippen LogP) is 3.39. The minimum Gasteiger partial charge on any atom is -0.468 e. The van der Waals surface area contributed by atoms with Crippen LogP contribution in [-0.2, 0) is 37.5 Å². The summed E-state index contributed by atoms with van der Waals surface area (Å²) in [6.45, 7) is 3.44. The van der Waals surface area contributed by atoms with Crippen LogP contribution in [0, 0.1) is 5.92 Å². The van der Waals surface area contributed by atoms with E-state index in [-0.39, 0.29) is 36.9 Å². The van der Waals surface area contributed by atoms with Crippen molar-refractivity contribution in [1.82, 2.24) is 0 Å². The number of methoxy groups -OCH3 is 2. The molecule has 1 aliphatic carbocycles. The molecule has 1 aliphatic rings. The van der Waals surface area contributed by atoms with Crippen LogP contribution in [0.3, 0.4) is 0 Å². The van der Waals surface area contributed by atoms with Crippen molar-refractivity contribution in [2.75, 3.05) is 27.4 Å². The zero-order valence-electron chi connectivity index (χ0n) is 16.4. The first-order chi connectivity index (χ1) is 12.9. The average Bonchev–Trinajstić information content (AvgIpc) is 2.65. The lowest BCUT2D eigenvalue weighted by Crippen LogP contribution is -2.32. The van der Waals surface area contributed by atoms with E-state index in [9.17, 15) is 18.9 Å². The van der Waals surface area contributed by atoms with Gasteiger partial charge in [-0.05, 0) is 33.1 Å². The lowest BCUT2D eigenvalue weighted by molar-refractivity contribution is -0.151. The lowest BCUT2D eigenvalue weighted by Gasteiger charge is -2.26. The second-order valence-corrected chi connectivity index (χ2v) is 8.07. The van der Waals surface area contributed by atoms with Crippen molar-refractivity contribution < 1.29 is 37.5 Å². The molecular weight excluding hydrogens is 375 g/mol. The van der Waals surface area contributed by atoms with Gasteiger partial charge >= 0.3 is 19.5 Å². The number of ether oxygens (including phenoxy) is 2. The summed E-state index contributed by atoms with van der Waals surface area (Å²) in [7, 11) is -1.63. The Balaban J connectivity index is 3.75. The second-order valence-electron chi connectivity index (χ2n) is 6.02. The molecule has 8 nitrogen and oxygen atoms in total. The molecule has 0 bridgehead atoms. The number of carbonyl (C=O) groups excluding carboxylic acids is 3. The summed E-state index contributed by atoms with van der Waals surface area (Å²) in [4.78, 5) is 37.7. The Morgan fingerprint density at radius 3 is 2.00 bits per heavy atom. The molecule has 0 radical (unpaired) electrons. The molecule has 1 rings (SSSR count). The summed E-state index contributed by atoms with van der Waals surface area (Å²) in [6, 6.07) is 0. The van der Waals surface area contributed by atoms with Crippen LogP contribution < -0.4 is 0 Å². The molecule has 0 aromatic carbocycles. The highest BCUT2D eigenvalue weighted by molar-refractivity contribution is 7.58. The van der Waals surface area contributed by atoms with Gasteiger partial charge in [0.05, 0.1) is 38.3 Å². The monoisotopic (exact) mass is 404 g/mol. The van der Waals surface area contributed by atoms with Gasteiger partial charge in [-0.15, -0.1) is 0 Å². The molecular formula is C18H29O8P. The van der Waals surface area contributed by atoms with Gasteiger partial charge in [-0.25, -0.2) is 4.79 Å². The molecule has 1 unspecified atom stereocenters. The van der Waals surface area contributed by atoms with E-state index in [0.29, 0.717) is 12.8 Å². The van der Waals surface area contributed by atoms with E-state index in [1.807, 2.05) is 0 Å². The number of carbonyl (C=O) groups is 3. The predicted molar refractivity (Wildman–Crippen MR) is 98.1 cm³/mol. The Hall–Kier alpha value is -1.50. The molecule has 0 spiro atoms. The van der Waals surface area contributed by atoms with Gasteiger partial charge in [0.15, 0.2) is 5.78 Å². The van der Waals surface area contributed by atoms with Crippen molar-refractivity contribution >= 4 is 25.3 Å². The number of hydrogen-bond acceptors (Lipinski definition) is 8. The van der Waals surface area contributed by atoms with E-state index in [0.717, 1.165) is 27.1 Å². The Morgan fingerprint density at radius 1 is 0.963 bits per heavy atom. The molecule has 0 aliphatic heterocycles. The summed E-state index contributed by atoms with van der Waals surface area (Å²) in [5, 5.41) is 0.0312. The molecule has 154 valence electrons. The van der Waals surface area contributed by atoms with Gasteiger partial charge in [0, 0.05) is 6.42 Å². The molecule has 0 saturated carbocycles. The number of rotatable bonds is 7. The zero-order chi connectivity index (χ0) is 20.4. The van der Waals surface area contributed by atoms with Gasteiger partial charge in [0.1, 0.15) is 5.92 Å². The van der Waals surface area contributed by atoms with E-state index < -0.39 is 31.2 Å². The highest BCUT2D eigenvalue weighted by Gasteiger charge is 2.43. The maximum Gasteiger partial charge on any atom is 0.357 e. The van der Waals surface area contributed by atoms with Gasteiger partial charge in [-0.2, -0.15) is 0 Å². The van der Waals surface area contributed by atoms with E-state index in [2.05, 4.69) is 0 Å².